The van der Waals surface area contributed by atoms with E-state index in [1.807, 2.05) is 39.0 Å². The Kier molecular flexibility index (Phi) is 7.32. The summed E-state index contributed by atoms with van der Waals surface area (Å²) >= 11 is 3.41. The summed E-state index contributed by atoms with van der Waals surface area (Å²) in [6.45, 7) is 5.66. The van der Waals surface area contributed by atoms with Crippen molar-refractivity contribution < 1.29 is 23.8 Å². The predicted molar refractivity (Wildman–Crippen MR) is 142 cm³/mol. The molecule has 0 spiro atoms. The highest BCUT2D eigenvalue weighted by Crippen LogP contribution is 2.48. The van der Waals surface area contributed by atoms with Crippen molar-refractivity contribution in [3.63, 3.8) is 0 Å². The molecule has 0 aromatic heterocycles. The first-order valence-corrected chi connectivity index (χ1v) is 12.5. The van der Waals surface area contributed by atoms with Crippen LogP contribution in [0.25, 0.3) is 0 Å². The zero-order chi connectivity index (χ0) is 26.9. The van der Waals surface area contributed by atoms with Gasteiger partial charge in [0.05, 0.1) is 13.0 Å². The number of carbonyl (C=O) groups excluding carboxylic acids is 2. The molecule has 1 amide bonds. The van der Waals surface area contributed by atoms with Crippen LogP contribution < -0.4 is 20.5 Å². The number of allylic oxidation sites excluding steroid dienone is 3. The van der Waals surface area contributed by atoms with Crippen molar-refractivity contribution in [3.05, 3.63) is 74.8 Å². The van der Waals surface area contributed by atoms with E-state index in [2.05, 4.69) is 27.3 Å². The van der Waals surface area contributed by atoms with Crippen molar-refractivity contribution in [2.24, 2.45) is 11.1 Å². The molecule has 0 saturated carbocycles. The molecule has 2 aromatic carbocycles. The topological polar surface area (TPSA) is 124 Å². The van der Waals surface area contributed by atoms with Crippen LogP contribution >= 0.6 is 15.9 Å². The third kappa shape index (κ3) is 5.49. The van der Waals surface area contributed by atoms with Gasteiger partial charge in [0.15, 0.2) is 23.9 Å². The van der Waals surface area contributed by atoms with Crippen LogP contribution in [0.4, 0.5) is 5.69 Å². The Labute approximate surface area is 224 Å². The number of halogens is 1. The number of hydrogen-bond donors (Lipinski definition) is 2. The highest BCUT2D eigenvalue weighted by molar-refractivity contribution is 9.10. The smallest absolute Gasteiger partial charge is 0.262 e. The number of nitrogens with zero attached hydrogens (tertiary/aromatic N) is 1. The number of carbonyl (C=O) groups is 2. The number of nitrogens with two attached hydrogens (primary N) is 1. The average Bonchev–Trinajstić information content (AvgIpc) is 2.82. The van der Waals surface area contributed by atoms with E-state index in [1.165, 1.54) is 7.11 Å². The molecule has 2 aliphatic rings. The fraction of sp³-hybridized carbons (Fsp3) is 0.321. The maximum Gasteiger partial charge on any atom is 0.262 e. The number of amides is 1. The largest absolute Gasteiger partial charge is 0.493 e. The van der Waals surface area contributed by atoms with Gasteiger partial charge in [-0.05, 0) is 53.8 Å². The molecule has 8 nitrogen and oxygen atoms in total. The van der Waals surface area contributed by atoms with Gasteiger partial charge in [-0.15, -0.1) is 0 Å². The quantitative estimate of drug-likeness (QED) is 0.491. The average molecular weight is 566 g/mol. The molecular formula is C28H28BrN3O5. The van der Waals surface area contributed by atoms with E-state index in [9.17, 15) is 14.9 Å². The molecule has 0 bridgehead atoms. The van der Waals surface area contributed by atoms with E-state index in [1.54, 1.807) is 18.2 Å². The van der Waals surface area contributed by atoms with E-state index in [4.69, 9.17) is 19.9 Å². The summed E-state index contributed by atoms with van der Waals surface area (Å²) in [6.07, 6.45) is 0.880. The van der Waals surface area contributed by atoms with Gasteiger partial charge in [0, 0.05) is 28.6 Å². The summed E-state index contributed by atoms with van der Waals surface area (Å²) in [5.74, 6) is 0.131. The number of ketones is 1. The minimum Gasteiger partial charge on any atom is -0.493 e. The summed E-state index contributed by atoms with van der Waals surface area (Å²) < 4.78 is 17.9. The van der Waals surface area contributed by atoms with Gasteiger partial charge in [-0.3, -0.25) is 9.59 Å². The van der Waals surface area contributed by atoms with Gasteiger partial charge in [-0.2, -0.15) is 5.26 Å². The summed E-state index contributed by atoms with van der Waals surface area (Å²) in [4.78, 5) is 25.7. The Bertz CT molecular complexity index is 1390. The maximum absolute atomic E-state index is 13.2. The molecule has 9 heteroatoms. The lowest BCUT2D eigenvalue weighted by atomic mass is 9.70. The molecule has 37 heavy (non-hydrogen) atoms. The lowest BCUT2D eigenvalue weighted by Crippen LogP contribution is -2.33. The molecule has 1 unspecified atom stereocenters. The number of hydrogen-bond acceptors (Lipinski definition) is 7. The number of aryl methyl sites for hydroxylation is 1. The Hall–Kier alpha value is -3.77. The Morgan fingerprint density at radius 3 is 2.68 bits per heavy atom. The fourth-order valence-electron chi connectivity index (χ4n) is 4.70. The molecule has 2 aromatic rings. The molecule has 4 rings (SSSR count). The SMILES string of the molecule is COc1cc(C2C(C#N)=C(N)OC3=C2C(=O)CC(C)(C)C3)ccc1OCC(=O)Nc1ccc(Br)cc1C. The maximum atomic E-state index is 13.2. The van der Waals surface area contributed by atoms with E-state index in [0.29, 0.717) is 46.9 Å². The second-order valence-electron chi connectivity index (χ2n) is 9.91. The molecule has 1 aliphatic carbocycles. The first kappa shape index (κ1) is 26.3. The van der Waals surface area contributed by atoms with Gasteiger partial charge in [0.1, 0.15) is 17.4 Å². The van der Waals surface area contributed by atoms with Crippen LogP contribution in [0.5, 0.6) is 11.5 Å². The van der Waals surface area contributed by atoms with Crippen LogP contribution in [0.3, 0.4) is 0 Å². The number of rotatable bonds is 6. The number of benzene rings is 2. The number of anilines is 1. The summed E-state index contributed by atoms with van der Waals surface area (Å²) in [7, 11) is 1.48. The lowest BCUT2D eigenvalue weighted by molar-refractivity contribution is -0.119. The molecule has 1 heterocycles. The van der Waals surface area contributed by atoms with Crippen LogP contribution in [-0.4, -0.2) is 25.4 Å². The van der Waals surface area contributed by atoms with Crippen LogP contribution in [0.15, 0.2) is 63.7 Å². The number of nitriles is 1. The van der Waals surface area contributed by atoms with Crippen molar-refractivity contribution in [1.82, 2.24) is 0 Å². The van der Waals surface area contributed by atoms with Crippen molar-refractivity contribution in [3.8, 4) is 17.6 Å². The Morgan fingerprint density at radius 1 is 1.24 bits per heavy atom. The first-order chi connectivity index (χ1) is 17.5. The number of nitrogens with one attached hydrogen (secondary N) is 1. The highest BCUT2D eigenvalue weighted by Gasteiger charge is 2.43. The van der Waals surface area contributed by atoms with Crippen LogP contribution in [-0.2, 0) is 14.3 Å². The van der Waals surface area contributed by atoms with Gasteiger partial charge in [-0.1, -0.05) is 35.8 Å². The summed E-state index contributed by atoms with van der Waals surface area (Å²) in [5, 5.41) is 12.7. The van der Waals surface area contributed by atoms with E-state index >= 15 is 0 Å². The normalized spacial score (nSPS) is 18.5. The molecular weight excluding hydrogens is 538 g/mol. The van der Waals surface area contributed by atoms with Crippen molar-refractivity contribution in [2.75, 3.05) is 19.0 Å². The second kappa shape index (κ2) is 10.3. The van der Waals surface area contributed by atoms with Crippen molar-refractivity contribution >= 4 is 33.3 Å². The van der Waals surface area contributed by atoms with Gasteiger partial charge in [0.2, 0.25) is 5.88 Å². The molecule has 3 N–H and O–H groups in total. The third-order valence-electron chi connectivity index (χ3n) is 6.42. The monoisotopic (exact) mass is 565 g/mol. The van der Waals surface area contributed by atoms with E-state index < -0.39 is 5.92 Å². The zero-order valence-corrected chi connectivity index (χ0v) is 22.7. The van der Waals surface area contributed by atoms with Crippen molar-refractivity contribution in [1.29, 1.82) is 5.26 Å². The lowest BCUT2D eigenvalue weighted by Gasteiger charge is -2.37. The summed E-state index contributed by atoms with van der Waals surface area (Å²) in [6, 6.07) is 12.8. The fourth-order valence-corrected chi connectivity index (χ4v) is 5.17. The van der Waals surface area contributed by atoms with E-state index in [0.717, 1.165) is 10.0 Å². The van der Waals surface area contributed by atoms with Gasteiger partial charge in [0.25, 0.3) is 5.91 Å². The zero-order valence-electron chi connectivity index (χ0n) is 21.1. The number of Topliss-reactive ketones (excluding diaryl/α,β-unsaturated/α-hetero) is 1. The first-order valence-electron chi connectivity index (χ1n) is 11.7. The van der Waals surface area contributed by atoms with E-state index in [-0.39, 0.29) is 35.2 Å². The second-order valence-corrected chi connectivity index (χ2v) is 10.8. The Morgan fingerprint density at radius 2 is 2.00 bits per heavy atom. The van der Waals surface area contributed by atoms with Crippen molar-refractivity contribution in [2.45, 2.75) is 39.5 Å². The summed E-state index contributed by atoms with van der Waals surface area (Å²) in [5.41, 5.74) is 8.71. The number of ether oxygens (including phenoxy) is 3. The van der Waals surface area contributed by atoms with Gasteiger partial charge in [-0.25, -0.2) is 0 Å². The highest BCUT2D eigenvalue weighted by atomic mass is 79.9. The molecule has 0 fully saturated rings. The Balaban J connectivity index is 1.59. The standard InChI is InChI=1S/C28H28BrN3O5/c1-15-9-17(29)6-7-19(15)32-24(34)14-36-21-8-5-16(10-22(21)35-4)25-18(13-30)27(31)37-23-12-28(2,3)11-20(33)26(23)25/h5-10,25H,11-12,14,31H2,1-4H3,(H,32,34). The third-order valence-corrected chi connectivity index (χ3v) is 6.91. The van der Waals surface area contributed by atoms with Crippen LogP contribution in [0.1, 0.15) is 43.7 Å². The predicted octanol–water partition coefficient (Wildman–Crippen LogP) is 5.23. The molecule has 0 radical (unpaired) electrons. The molecule has 0 saturated heterocycles. The van der Waals surface area contributed by atoms with Gasteiger partial charge >= 0.3 is 0 Å². The van der Waals surface area contributed by atoms with Crippen LogP contribution in [0.2, 0.25) is 0 Å². The minimum atomic E-state index is -0.677. The molecule has 192 valence electrons. The van der Waals surface area contributed by atoms with Crippen LogP contribution in [0, 0.1) is 23.7 Å². The molecule has 1 atom stereocenters. The van der Waals surface area contributed by atoms with Gasteiger partial charge < -0.3 is 25.3 Å². The number of methoxy groups -OCH3 is 1. The minimum absolute atomic E-state index is 0.00375. The molecule has 1 aliphatic heterocycles.